The first-order chi connectivity index (χ1) is 11.0. The predicted molar refractivity (Wildman–Crippen MR) is 92.0 cm³/mol. The van der Waals surface area contributed by atoms with Crippen molar-refractivity contribution in [3.05, 3.63) is 41.4 Å². The van der Waals surface area contributed by atoms with Crippen molar-refractivity contribution in [2.24, 2.45) is 0 Å². The number of aromatic nitrogens is 2. The molecule has 1 aliphatic rings. The fourth-order valence-corrected chi connectivity index (χ4v) is 2.92. The Kier molecular flexibility index (Phi) is 4.52. The number of rotatable bonds is 4. The summed E-state index contributed by atoms with van der Waals surface area (Å²) in [6, 6.07) is 5.10. The van der Waals surface area contributed by atoms with Crippen LogP contribution in [0, 0.1) is 5.82 Å². The largest absolute Gasteiger partial charge is 0.369 e. The summed E-state index contributed by atoms with van der Waals surface area (Å²) >= 11 is 5.87. The van der Waals surface area contributed by atoms with Crippen LogP contribution >= 0.6 is 11.6 Å². The number of benzene rings is 1. The molecule has 0 radical (unpaired) electrons. The molecule has 1 atom stereocenters. The zero-order valence-corrected chi connectivity index (χ0v) is 13.9. The van der Waals surface area contributed by atoms with Gasteiger partial charge in [0.15, 0.2) is 11.6 Å². The van der Waals surface area contributed by atoms with Crippen LogP contribution in [0.3, 0.4) is 0 Å². The van der Waals surface area contributed by atoms with Gasteiger partial charge in [-0.1, -0.05) is 11.6 Å². The molecule has 0 spiro atoms. The van der Waals surface area contributed by atoms with Gasteiger partial charge in [0.05, 0.1) is 5.02 Å². The lowest BCUT2D eigenvalue weighted by Gasteiger charge is -2.21. The summed E-state index contributed by atoms with van der Waals surface area (Å²) in [5.41, 5.74) is 0.938. The third-order valence-corrected chi connectivity index (χ3v) is 4.19. The van der Waals surface area contributed by atoms with Crippen LogP contribution < -0.4 is 15.1 Å². The first-order valence-electron chi connectivity index (χ1n) is 7.49. The van der Waals surface area contributed by atoms with Crippen molar-refractivity contribution in [3.63, 3.8) is 0 Å². The minimum Gasteiger partial charge on any atom is -0.369 e. The van der Waals surface area contributed by atoms with Crippen molar-refractivity contribution in [1.29, 1.82) is 0 Å². The smallest absolute Gasteiger partial charge is 0.171 e. The molecule has 1 fully saturated rings. The van der Waals surface area contributed by atoms with Crippen molar-refractivity contribution in [2.45, 2.75) is 12.5 Å². The van der Waals surface area contributed by atoms with E-state index in [-0.39, 0.29) is 16.9 Å². The third kappa shape index (κ3) is 3.47. The van der Waals surface area contributed by atoms with E-state index in [9.17, 15) is 4.39 Å². The first kappa shape index (κ1) is 15.8. The van der Waals surface area contributed by atoms with E-state index in [0.29, 0.717) is 0 Å². The lowest BCUT2D eigenvalue weighted by molar-refractivity contribution is 0.628. The molecular formula is C16H19ClFN5. The second-order valence-electron chi connectivity index (χ2n) is 5.80. The van der Waals surface area contributed by atoms with Gasteiger partial charge in [0, 0.05) is 51.3 Å². The Balaban J connectivity index is 1.70. The van der Waals surface area contributed by atoms with Crippen LogP contribution in [-0.2, 0) is 0 Å². The molecule has 2 heterocycles. The molecule has 0 aliphatic carbocycles. The van der Waals surface area contributed by atoms with E-state index >= 15 is 0 Å². The van der Waals surface area contributed by atoms with Crippen molar-refractivity contribution in [2.75, 3.05) is 42.3 Å². The van der Waals surface area contributed by atoms with Crippen LogP contribution in [0.2, 0.25) is 5.02 Å². The summed E-state index contributed by atoms with van der Waals surface area (Å²) in [4.78, 5) is 12.9. The monoisotopic (exact) mass is 335 g/mol. The summed E-state index contributed by atoms with van der Waals surface area (Å²) < 4.78 is 13.3. The molecule has 1 saturated heterocycles. The van der Waals surface area contributed by atoms with Crippen molar-refractivity contribution in [1.82, 2.24) is 9.97 Å². The number of halogens is 2. The fourth-order valence-electron chi connectivity index (χ4n) is 2.75. The van der Waals surface area contributed by atoms with Gasteiger partial charge in [0.2, 0.25) is 0 Å². The van der Waals surface area contributed by atoms with Crippen molar-refractivity contribution >= 4 is 28.9 Å². The van der Waals surface area contributed by atoms with Gasteiger partial charge in [0.25, 0.3) is 0 Å². The molecule has 1 aromatic heterocycles. The quantitative estimate of drug-likeness (QED) is 0.930. The van der Waals surface area contributed by atoms with Crippen molar-refractivity contribution < 1.29 is 4.39 Å². The molecule has 0 bridgehead atoms. The Labute approximate surface area is 140 Å². The second-order valence-corrected chi connectivity index (χ2v) is 6.20. The molecule has 1 N–H and O–H groups in total. The second kappa shape index (κ2) is 6.58. The van der Waals surface area contributed by atoms with Gasteiger partial charge in [-0.15, -0.1) is 0 Å². The van der Waals surface area contributed by atoms with E-state index in [0.717, 1.165) is 36.8 Å². The third-order valence-electron chi connectivity index (χ3n) is 3.90. The summed E-state index contributed by atoms with van der Waals surface area (Å²) in [6.07, 6.45) is 4.34. The van der Waals surface area contributed by atoms with Gasteiger partial charge in [-0.25, -0.2) is 14.4 Å². The Morgan fingerprint density at radius 3 is 2.83 bits per heavy atom. The van der Waals surface area contributed by atoms with E-state index in [1.807, 2.05) is 19.0 Å². The summed E-state index contributed by atoms with van der Waals surface area (Å²) in [6.45, 7) is 1.70. The number of hydrogen-bond donors (Lipinski definition) is 1. The summed E-state index contributed by atoms with van der Waals surface area (Å²) in [5.74, 6) is 1.21. The van der Waals surface area contributed by atoms with E-state index in [1.165, 1.54) is 6.07 Å². The lowest BCUT2D eigenvalue weighted by atomic mass is 10.2. The maximum absolute atomic E-state index is 13.3. The highest BCUT2D eigenvalue weighted by Crippen LogP contribution is 2.27. The molecular weight excluding hydrogens is 317 g/mol. The highest BCUT2D eigenvalue weighted by molar-refractivity contribution is 6.31. The van der Waals surface area contributed by atoms with Gasteiger partial charge in [-0.3, -0.25) is 0 Å². The van der Waals surface area contributed by atoms with Gasteiger partial charge in [-0.05, 0) is 24.6 Å². The zero-order chi connectivity index (χ0) is 16.4. The molecule has 23 heavy (non-hydrogen) atoms. The fraction of sp³-hybridized carbons (Fsp3) is 0.375. The van der Waals surface area contributed by atoms with Crippen LogP contribution in [-0.4, -0.2) is 43.2 Å². The van der Waals surface area contributed by atoms with Gasteiger partial charge in [-0.2, -0.15) is 0 Å². The van der Waals surface area contributed by atoms with E-state index in [1.54, 1.807) is 24.5 Å². The molecule has 3 rings (SSSR count). The van der Waals surface area contributed by atoms with Gasteiger partial charge in [0.1, 0.15) is 5.82 Å². The SMILES string of the molecule is CN(C)c1nccnc1NC1CCN(c2ccc(F)c(Cl)c2)C1. The Morgan fingerprint density at radius 2 is 2.09 bits per heavy atom. The molecule has 1 unspecified atom stereocenters. The van der Waals surface area contributed by atoms with Gasteiger partial charge < -0.3 is 15.1 Å². The average molecular weight is 336 g/mol. The predicted octanol–water partition coefficient (Wildman–Crippen LogP) is 3.03. The number of anilines is 3. The maximum Gasteiger partial charge on any atom is 0.171 e. The Hall–Kier alpha value is -2.08. The molecule has 1 aliphatic heterocycles. The molecule has 0 saturated carbocycles. The Morgan fingerprint density at radius 1 is 1.30 bits per heavy atom. The normalized spacial score (nSPS) is 17.4. The molecule has 1 aromatic carbocycles. The van der Waals surface area contributed by atoms with Crippen LogP contribution in [0.5, 0.6) is 0 Å². The molecule has 2 aromatic rings. The minimum atomic E-state index is -0.389. The zero-order valence-electron chi connectivity index (χ0n) is 13.1. The van der Waals surface area contributed by atoms with E-state index in [2.05, 4.69) is 20.2 Å². The topological polar surface area (TPSA) is 44.3 Å². The van der Waals surface area contributed by atoms with Crippen LogP contribution in [0.15, 0.2) is 30.6 Å². The van der Waals surface area contributed by atoms with Crippen LogP contribution in [0.4, 0.5) is 21.7 Å². The minimum absolute atomic E-state index is 0.155. The number of nitrogens with zero attached hydrogens (tertiary/aromatic N) is 4. The van der Waals surface area contributed by atoms with E-state index < -0.39 is 0 Å². The van der Waals surface area contributed by atoms with Crippen LogP contribution in [0.1, 0.15) is 6.42 Å². The van der Waals surface area contributed by atoms with Crippen LogP contribution in [0.25, 0.3) is 0 Å². The average Bonchev–Trinajstić information content (AvgIpc) is 2.99. The lowest BCUT2D eigenvalue weighted by Crippen LogP contribution is -2.27. The van der Waals surface area contributed by atoms with Crippen molar-refractivity contribution in [3.8, 4) is 0 Å². The molecule has 0 amide bonds. The van der Waals surface area contributed by atoms with E-state index in [4.69, 9.17) is 11.6 Å². The number of hydrogen-bond acceptors (Lipinski definition) is 5. The Bertz CT molecular complexity index is 694. The molecule has 7 heteroatoms. The summed E-state index contributed by atoms with van der Waals surface area (Å²) in [7, 11) is 3.88. The van der Waals surface area contributed by atoms with Gasteiger partial charge >= 0.3 is 0 Å². The highest BCUT2D eigenvalue weighted by Gasteiger charge is 2.24. The first-order valence-corrected chi connectivity index (χ1v) is 7.87. The highest BCUT2D eigenvalue weighted by atomic mass is 35.5. The molecule has 122 valence electrons. The molecule has 5 nitrogen and oxygen atoms in total. The standard InChI is InChI=1S/C16H19ClFN5/c1-22(2)16-15(19-6-7-20-16)21-11-5-8-23(10-11)12-3-4-14(18)13(17)9-12/h3-4,6-7,9,11H,5,8,10H2,1-2H3,(H,19,21). The maximum atomic E-state index is 13.3. The number of nitrogens with one attached hydrogen (secondary N) is 1. The summed E-state index contributed by atoms with van der Waals surface area (Å²) in [5, 5.41) is 3.61.